The van der Waals surface area contributed by atoms with Crippen LogP contribution in [0, 0.1) is 0 Å². The monoisotopic (exact) mass is 300 g/mol. The summed E-state index contributed by atoms with van der Waals surface area (Å²) in [4.78, 5) is 12.2. The van der Waals surface area contributed by atoms with Crippen LogP contribution in [-0.2, 0) is 0 Å². The molecule has 0 aliphatic carbocycles. The van der Waals surface area contributed by atoms with Crippen LogP contribution in [0.15, 0.2) is 45.6 Å². The fourth-order valence-corrected chi connectivity index (χ4v) is 2.31. The summed E-state index contributed by atoms with van der Waals surface area (Å²) in [6.07, 6.45) is 0. The number of benzene rings is 2. The number of rotatable bonds is 2. The Balaban J connectivity index is 2.37. The van der Waals surface area contributed by atoms with Gasteiger partial charge in [0.2, 0.25) is 0 Å². The van der Waals surface area contributed by atoms with E-state index in [2.05, 4.69) is 0 Å². The van der Waals surface area contributed by atoms with Crippen molar-refractivity contribution >= 4 is 11.0 Å². The second-order valence-corrected chi connectivity index (χ2v) is 4.67. The van der Waals surface area contributed by atoms with Gasteiger partial charge in [-0.15, -0.1) is 0 Å². The average Bonchev–Trinajstić information content (AvgIpc) is 2.45. The summed E-state index contributed by atoms with van der Waals surface area (Å²) in [5, 5.41) is 29.2. The fourth-order valence-electron chi connectivity index (χ4n) is 2.31. The maximum Gasteiger partial charge on any atom is 0.197 e. The van der Waals surface area contributed by atoms with Crippen molar-refractivity contribution in [2.45, 2.75) is 0 Å². The van der Waals surface area contributed by atoms with Crippen molar-refractivity contribution in [3.05, 3.63) is 46.6 Å². The van der Waals surface area contributed by atoms with Gasteiger partial charge in [-0.05, 0) is 12.1 Å². The molecular formula is C16H12O6. The van der Waals surface area contributed by atoms with E-state index >= 15 is 0 Å². The fraction of sp³-hybridized carbons (Fsp3) is 0.0625. The molecule has 0 saturated carbocycles. The Bertz CT molecular complexity index is 926. The predicted octanol–water partition coefficient (Wildman–Crippen LogP) is 2.59. The minimum Gasteiger partial charge on any atom is -0.508 e. The van der Waals surface area contributed by atoms with Gasteiger partial charge in [-0.25, -0.2) is 0 Å². The second kappa shape index (κ2) is 5.00. The van der Waals surface area contributed by atoms with E-state index in [0.717, 1.165) is 12.1 Å². The molecule has 0 unspecified atom stereocenters. The van der Waals surface area contributed by atoms with Gasteiger partial charge in [-0.2, -0.15) is 0 Å². The van der Waals surface area contributed by atoms with Crippen LogP contribution in [0.5, 0.6) is 23.0 Å². The molecule has 6 nitrogen and oxygen atoms in total. The molecule has 0 atom stereocenters. The van der Waals surface area contributed by atoms with E-state index in [9.17, 15) is 20.1 Å². The molecule has 22 heavy (non-hydrogen) atoms. The van der Waals surface area contributed by atoms with Gasteiger partial charge in [0.05, 0.1) is 7.11 Å². The molecule has 0 spiro atoms. The van der Waals surface area contributed by atoms with E-state index in [1.54, 1.807) is 12.1 Å². The van der Waals surface area contributed by atoms with Gasteiger partial charge in [-0.3, -0.25) is 4.79 Å². The first-order chi connectivity index (χ1) is 10.5. The van der Waals surface area contributed by atoms with Gasteiger partial charge in [0.25, 0.3) is 0 Å². The molecule has 0 saturated heterocycles. The minimum atomic E-state index is -0.501. The molecule has 0 aliphatic rings. The van der Waals surface area contributed by atoms with Gasteiger partial charge in [0, 0.05) is 18.2 Å². The molecule has 3 aromatic rings. The van der Waals surface area contributed by atoms with Crippen molar-refractivity contribution < 1.29 is 24.5 Å². The molecule has 3 rings (SSSR count). The molecule has 0 radical (unpaired) electrons. The average molecular weight is 300 g/mol. The zero-order valence-electron chi connectivity index (χ0n) is 11.5. The highest BCUT2D eigenvalue weighted by atomic mass is 16.5. The summed E-state index contributed by atoms with van der Waals surface area (Å²) in [5.41, 5.74) is -0.281. The Morgan fingerprint density at radius 2 is 1.82 bits per heavy atom. The lowest BCUT2D eigenvalue weighted by molar-refractivity contribution is 0.408. The van der Waals surface area contributed by atoms with E-state index in [1.807, 2.05) is 0 Å². The molecule has 0 fully saturated rings. The lowest BCUT2D eigenvalue weighted by atomic mass is 10.1. The van der Waals surface area contributed by atoms with Crippen LogP contribution >= 0.6 is 0 Å². The predicted molar refractivity (Wildman–Crippen MR) is 79.5 cm³/mol. The first-order valence-electron chi connectivity index (χ1n) is 6.37. The summed E-state index contributed by atoms with van der Waals surface area (Å²) in [5.74, 6) is -0.343. The van der Waals surface area contributed by atoms with Crippen LogP contribution < -0.4 is 10.2 Å². The number of methoxy groups -OCH3 is 1. The summed E-state index contributed by atoms with van der Waals surface area (Å²) >= 11 is 0. The van der Waals surface area contributed by atoms with E-state index in [4.69, 9.17) is 9.15 Å². The lowest BCUT2D eigenvalue weighted by Crippen LogP contribution is -2.01. The molecule has 3 N–H and O–H groups in total. The van der Waals surface area contributed by atoms with Gasteiger partial charge >= 0.3 is 0 Å². The van der Waals surface area contributed by atoms with Crippen molar-refractivity contribution in [3.63, 3.8) is 0 Å². The lowest BCUT2D eigenvalue weighted by Gasteiger charge is -2.10. The summed E-state index contributed by atoms with van der Waals surface area (Å²) in [6.45, 7) is 0. The molecule has 0 amide bonds. The Hall–Kier alpha value is -3.15. The third-order valence-corrected chi connectivity index (χ3v) is 3.27. The molecule has 0 aliphatic heterocycles. The highest BCUT2D eigenvalue weighted by Gasteiger charge is 2.17. The molecule has 1 aromatic heterocycles. The molecule has 0 bridgehead atoms. The second-order valence-electron chi connectivity index (χ2n) is 4.67. The van der Waals surface area contributed by atoms with E-state index in [-0.39, 0.29) is 39.5 Å². The zero-order chi connectivity index (χ0) is 15.9. The van der Waals surface area contributed by atoms with Crippen LogP contribution in [0.2, 0.25) is 0 Å². The van der Waals surface area contributed by atoms with Crippen LogP contribution in [-0.4, -0.2) is 22.4 Å². The normalized spacial score (nSPS) is 10.8. The van der Waals surface area contributed by atoms with Crippen LogP contribution in [0.1, 0.15) is 0 Å². The highest BCUT2D eigenvalue weighted by Crippen LogP contribution is 2.39. The first-order valence-corrected chi connectivity index (χ1v) is 6.37. The molecule has 112 valence electrons. The maximum absolute atomic E-state index is 12.2. The number of aromatic hydroxyl groups is 3. The minimum absolute atomic E-state index is 0.00491. The molecular weight excluding hydrogens is 288 g/mol. The summed E-state index contributed by atoms with van der Waals surface area (Å²) in [6, 6.07) is 8.05. The number of hydrogen-bond acceptors (Lipinski definition) is 6. The number of ether oxygens (including phenoxy) is 1. The van der Waals surface area contributed by atoms with Gasteiger partial charge < -0.3 is 24.5 Å². The smallest absolute Gasteiger partial charge is 0.197 e. The number of fused-ring (bicyclic) bond motifs is 1. The van der Waals surface area contributed by atoms with Crippen molar-refractivity contribution in [1.29, 1.82) is 0 Å². The van der Waals surface area contributed by atoms with Crippen molar-refractivity contribution in [3.8, 4) is 34.3 Å². The Morgan fingerprint density at radius 1 is 1.05 bits per heavy atom. The number of phenolic OH excluding ortho intramolecular Hbond substituents is 3. The summed E-state index contributed by atoms with van der Waals surface area (Å²) in [7, 11) is 1.43. The van der Waals surface area contributed by atoms with E-state index in [0.29, 0.717) is 5.75 Å². The van der Waals surface area contributed by atoms with Gasteiger partial charge in [0.1, 0.15) is 45.3 Å². The molecule has 6 heteroatoms. The Morgan fingerprint density at radius 3 is 2.55 bits per heavy atom. The largest absolute Gasteiger partial charge is 0.508 e. The Labute approximate surface area is 124 Å². The maximum atomic E-state index is 12.2. The molecule has 1 heterocycles. The van der Waals surface area contributed by atoms with Crippen LogP contribution in [0.3, 0.4) is 0 Å². The Kier molecular flexibility index (Phi) is 3.14. The molecule has 2 aromatic carbocycles. The van der Waals surface area contributed by atoms with Crippen LogP contribution in [0.4, 0.5) is 0 Å². The SMILES string of the molecule is COc1cccc(O)c1-c1cc(=O)c2c(O)cc(O)cc2o1. The number of hydrogen-bond donors (Lipinski definition) is 3. The van der Waals surface area contributed by atoms with Crippen molar-refractivity contribution in [2.75, 3.05) is 7.11 Å². The standard InChI is InChI=1S/C16H12O6/c1-21-12-4-2-3-9(18)16(12)14-7-11(20)15-10(19)5-8(17)6-13(15)22-14/h2-7,17-19H,1H3. The quantitative estimate of drug-likeness (QED) is 0.672. The number of phenols is 3. The zero-order valence-corrected chi connectivity index (χ0v) is 11.5. The van der Waals surface area contributed by atoms with E-state index < -0.39 is 5.43 Å². The van der Waals surface area contributed by atoms with Crippen LogP contribution in [0.25, 0.3) is 22.3 Å². The van der Waals surface area contributed by atoms with Crippen molar-refractivity contribution in [1.82, 2.24) is 0 Å². The third kappa shape index (κ3) is 2.10. The topological polar surface area (TPSA) is 100 Å². The van der Waals surface area contributed by atoms with E-state index in [1.165, 1.54) is 19.2 Å². The highest BCUT2D eigenvalue weighted by molar-refractivity contribution is 5.87. The third-order valence-electron chi connectivity index (χ3n) is 3.27. The summed E-state index contributed by atoms with van der Waals surface area (Å²) < 4.78 is 10.7. The first kappa shape index (κ1) is 13.8. The van der Waals surface area contributed by atoms with Gasteiger partial charge in [0.15, 0.2) is 5.43 Å². The van der Waals surface area contributed by atoms with Crippen molar-refractivity contribution in [2.24, 2.45) is 0 Å². The van der Waals surface area contributed by atoms with Gasteiger partial charge in [-0.1, -0.05) is 6.07 Å².